The van der Waals surface area contributed by atoms with Gasteiger partial charge >= 0.3 is 0 Å². The Balaban J connectivity index is 1.57. The van der Waals surface area contributed by atoms with Crippen molar-refractivity contribution in [1.29, 1.82) is 0 Å². The number of furan rings is 1. The summed E-state index contributed by atoms with van der Waals surface area (Å²) in [4.78, 5) is 40.6. The summed E-state index contributed by atoms with van der Waals surface area (Å²) in [5.74, 6) is 0.925. The van der Waals surface area contributed by atoms with E-state index in [1.807, 2.05) is 6.26 Å². The van der Waals surface area contributed by atoms with Gasteiger partial charge < -0.3 is 14.2 Å². The molecule has 0 saturated carbocycles. The number of nitrogens with one attached hydrogen (secondary N) is 1. The summed E-state index contributed by atoms with van der Waals surface area (Å²) in [6, 6.07) is 9.53. The number of piperidine rings is 1. The molecule has 2 aliphatic rings. The molecule has 1 aromatic heterocycles. The first-order valence-corrected chi connectivity index (χ1v) is 12.0. The van der Waals surface area contributed by atoms with Gasteiger partial charge in [-0.05, 0) is 30.6 Å². The molecule has 2 saturated heterocycles. The fraction of sp³-hybridized carbons (Fsp3) is 0.455. The second-order valence-corrected chi connectivity index (χ2v) is 9.08. The molecule has 1 atom stereocenters. The number of hydrogen-bond acceptors (Lipinski definition) is 7. The Morgan fingerprint density at radius 2 is 2.03 bits per heavy atom. The first-order chi connectivity index (χ1) is 15.4. The Bertz CT molecular complexity index is 988. The fourth-order valence-electron chi connectivity index (χ4n) is 4.57. The highest BCUT2D eigenvalue weighted by molar-refractivity contribution is 7.98. The first kappa shape index (κ1) is 22.3. The molecule has 0 radical (unpaired) electrons. The monoisotopic (exact) mass is 458 g/mol. The van der Waals surface area contributed by atoms with E-state index in [1.165, 1.54) is 12.3 Å². The van der Waals surface area contributed by atoms with Gasteiger partial charge in [0.2, 0.25) is 5.91 Å². The van der Waals surface area contributed by atoms with Crippen molar-refractivity contribution in [3.63, 3.8) is 0 Å². The van der Waals surface area contributed by atoms with E-state index in [0.29, 0.717) is 43.7 Å². The summed E-state index contributed by atoms with van der Waals surface area (Å²) in [6.45, 7) is 1.08. The zero-order valence-corrected chi connectivity index (χ0v) is 18.7. The number of benzene rings is 1. The van der Waals surface area contributed by atoms with Crippen LogP contribution in [0.15, 0.2) is 47.1 Å². The third-order valence-corrected chi connectivity index (χ3v) is 6.90. The smallest absolute Gasteiger partial charge is 0.289 e. The van der Waals surface area contributed by atoms with Crippen molar-refractivity contribution in [3.05, 3.63) is 64.1 Å². The molecule has 9 nitrogen and oxygen atoms in total. The highest BCUT2D eigenvalue weighted by atomic mass is 32.2. The summed E-state index contributed by atoms with van der Waals surface area (Å²) < 4.78 is 5.24. The second-order valence-electron chi connectivity index (χ2n) is 8.09. The molecule has 0 aliphatic carbocycles. The van der Waals surface area contributed by atoms with Crippen molar-refractivity contribution in [2.45, 2.75) is 37.5 Å². The normalized spacial score (nSPS) is 20.2. The molecular formula is C22H26N4O5S. The number of hydrogen-bond donors (Lipinski definition) is 1. The molecule has 3 heterocycles. The zero-order chi connectivity index (χ0) is 22.7. The molecule has 1 spiro atoms. The Labute approximate surface area is 190 Å². The van der Waals surface area contributed by atoms with Gasteiger partial charge in [-0.1, -0.05) is 18.2 Å². The van der Waals surface area contributed by atoms with Crippen LogP contribution in [0, 0.1) is 10.1 Å². The minimum absolute atomic E-state index is 0.00782. The Hall–Kier alpha value is -2.85. The molecule has 32 heavy (non-hydrogen) atoms. The molecule has 1 aromatic carbocycles. The fourth-order valence-corrected chi connectivity index (χ4v) is 5.04. The summed E-state index contributed by atoms with van der Waals surface area (Å²) in [5, 5.41) is 15.0. The number of carbonyl (C=O) groups is 2. The average Bonchev–Trinajstić information content (AvgIpc) is 3.42. The van der Waals surface area contributed by atoms with Crippen molar-refractivity contribution in [1.82, 2.24) is 15.1 Å². The minimum atomic E-state index is -0.635. The van der Waals surface area contributed by atoms with Gasteiger partial charge in [-0.15, -0.1) is 0 Å². The standard InChI is InChI=1S/C22H26N4O5S/c1-32-14-8-17-20(27)25(15-16-5-2-3-6-18(16)26(29)30)22(23-17)9-11-24(12-10-22)21(28)19-7-4-13-31-19/h2-7,13,17,23H,8-12,14-15H2,1H3. The van der Waals surface area contributed by atoms with Gasteiger partial charge in [0.05, 0.1) is 29.4 Å². The van der Waals surface area contributed by atoms with Crippen molar-refractivity contribution in [2.24, 2.45) is 0 Å². The van der Waals surface area contributed by atoms with E-state index >= 15 is 0 Å². The lowest BCUT2D eigenvalue weighted by atomic mass is 9.95. The largest absolute Gasteiger partial charge is 0.459 e. The van der Waals surface area contributed by atoms with Crippen LogP contribution in [0.25, 0.3) is 0 Å². The van der Waals surface area contributed by atoms with Crippen molar-refractivity contribution in [3.8, 4) is 0 Å². The van der Waals surface area contributed by atoms with Crippen molar-refractivity contribution >= 4 is 29.3 Å². The first-order valence-electron chi connectivity index (χ1n) is 10.6. The SMILES string of the molecule is CSCCC1NC2(CCN(C(=O)c3ccco3)CC2)N(Cc2ccccc2[N+](=O)[O-])C1=O. The number of rotatable bonds is 7. The quantitative estimate of drug-likeness (QED) is 0.502. The van der Waals surface area contributed by atoms with Gasteiger partial charge in [-0.3, -0.25) is 25.0 Å². The van der Waals surface area contributed by atoms with Crippen molar-refractivity contribution in [2.75, 3.05) is 25.1 Å². The lowest BCUT2D eigenvalue weighted by molar-refractivity contribution is -0.385. The van der Waals surface area contributed by atoms with E-state index in [0.717, 1.165) is 5.75 Å². The molecule has 2 amide bonds. The van der Waals surface area contributed by atoms with E-state index in [2.05, 4.69) is 5.32 Å². The lowest BCUT2D eigenvalue weighted by Gasteiger charge is -2.44. The van der Waals surface area contributed by atoms with Gasteiger partial charge in [-0.25, -0.2) is 0 Å². The van der Waals surface area contributed by atoms with Crippen LogP contribution < -0.4 is 5.32 Å². The predicted octanol–water partition coefficient (Wildman–Crippen LogP) is 2.87. The van der Waals surface area contributed by atoms with E-state index in [1.54, 1.807) is 51.9 Å². The molecule has 1 unspecified atom stereocenters. The Morgan fingerprint density at radius 1 is 1.28 bits per heavy atom. The maximum Gasteiger partial charge on any atom is 0.289 e. The molecule has 0 bridgehead atoms. The lowest BCUT2D eigenvalue weighted by Crippen LogP contribution is -2.59. The second kappa shape index (κ2) is 9.33. The van der Waals surface area contributed by atoms with E-state index in [9.17, 15) is 19.7 Å². The molecule has 170 valence electrons. The molecular weight excluding hydrogens is 432 g/mol. The topological polar surface area (TPSA) is 109 Å². The van der Waals surface area contributed by atoms with Gasteiger partial charge in [0.1, 0.15) is 0 Å². The molecule has 2 fully saturated rings. The van der Waals surface area contributed by atoms with Crippen LogP contribution >= 0.6 is 11.8 Å². The van der Waals surface area contributed by atoms with Crippen LogP contribution in [0.4, 0.5) is 5.69 Å². The van der Waals surface area contributed by atoms with Crippen LogP contribution in [-0.2, 0) is 11.3 Å². The van der Waals surface area contributed by atoms with Crippen molar-refractivity contribution < 1.29 is 18.9 Å². The number of amides is 2. The number of nitro groups is 1. The number of nitrogens with zero attached hydrogens (tertiary/aromatic N) is 3. The summed E-state index contributed by atoms with van der Waals surface area (Å²) in [6.07, 6.45) is 5.24. The van der Waals surface area contributed by atoms with Gasteiger partial charge in [0.15, 0.2) is 5.76 Å². The van der Waals surface area contributed by atoms with E-state index in [4.69, 9.17) is 4.42 Å². The number of nitro benzene ring substituents is 1. The van der Waals surface area contributed by atoms with Crippen LogP contribution in [-0.4, -0.2) is 63.3 Å². The third kappa shape index (κ3) is 4.24. The van der Waals surface area contributed by atoms with Crippen LogP contribution in [0.5, 0.6) is 0 Å². The van der Waals surface area contributed by atoms with Gasteiger partial charge in [-0.2, -0.15) is 11.8 Å². The Kier molecular flexibility index (Phi) is 6.52. The summed E-state index contributed by atoms with van der Waals surface area (Å²) >= 11 is 1.68. The van der Waals surface area contributed by atoms with E-state index < -0.39 is 10.6 Å². The van der Waals surface area contributed by atoms with Crippen LogP contribution in [0.2, 0.25) is 0 Å². The zero-order valence-electron chi connectivity index (χ0n) is 17.9. The molecule has 1 N–H and O–H groups in total. The third-order valence-electron chi connectivity index (χ3n) is 6.26. The maximum absolute atomic E-state index is 13.4. The minimum Gasteiger partial charge on any atom is -0.459 e. The number of thioether (sulfide) groups is 1. The molecule has 2 aromatic rings. The molecule has 10 heteroatoms. The number of likely N-dealkylation sites (tertiary alicyclic amines) is 1. The van der Waals surface area contributed by atoms with Crippen LogP contribution in [0.1, 0.15) is 35.4 Å². The molecule has 4 rings (SSSR count). The summed E-state index contributed by atoms with van der Waals surface area (Å²) in [5.41, 5.74) is -0.121. The highest BCUT2D eigenvalue weighted by Gasteiger charge is 2.51. The highest BCUT2D eigenvalue weighted by Crippen LogP contribution is 2.36. The predicted molar refractivity (Wildman–Crippen MR) is 120 cm³/mol. The Morgan fingerprint density at radius 3 is 2.69 bits per heavy atom. The molecule has 2 aliphatic heterocycles. The maximum atomic E-state index is 13.4. The average molecular weight is 459 g/mol. The van der Waals surface area contributed by atoms with Crippen LogP contribution in [0.3, 0.4) is 0 Å². The van der Waals surface area contributed by atoms with E-state index in [-0.39, 0.29) is 30.1 Å². The number of para-hydroxylation sites is 1. The van der Waals surface area contributed by atoms with Gasteiger partial charge in [0, 0.05) is 37.6 Å². The van der Waals surface area contributed by atoms with Gasteiger partial charge in [0.25, 0.3) is 11.6 Å². The number of carbonyl (C=O) groups excluding carboxylic acids is 2. The summed E-state index contributed by atoms with van der Waals surface area (Å²) in [7, 11) is 0.